The third-order valence-corrected chi connectivity index (χ3v) is 4.48. The van der Waals surface area contributed by atoms with Gasteiger partial charge in [0.25, 0.3) is 5.91 Å². The van der Waals surface area contributed by atoms with Crippen molar-refractivity contribution < 1.29 is 14.5 Å². The highest BCUT2D eigenvalue weighted by Gasteiger charge is 2.23. The molecule has 3 rings (SSSR count). The zero-order chi connectivity index (χ0) is 21.3. The number of carbonyl (C=O) groups is 1. The SMILES string of the molecule is O=C(COc1nc[nH]c(=O)c1[N+](=O)[O-])NCCC(c1ccccc1)c1ccccc1. The number of aromatic amines is 1. The number of carbonyl (C=O) groups excluding carboxylic acids is 1. The van der Waals surface area contributed by atoms with E-state index >= 15 is 0 Å². The van der Waals surface area contributed by atoms with Crippen LogP contribution in [0.4, 0.5) is 5.69 Å². The maximum Gasteiger partial charge on any atom is 0.395 e. The Balaban J connectivity index is 1.58. The number of nitro groups is 1. The van der Waals surface area contributed by atoms with E-state index in [1.165, 1.54) is 0 Å². The van der Waals surface area contributed by atoms with Crippen LogP contribution in [-0.2, 0) is 4.79 Å². The monoisotopic (exact) mass is 408 g/mol. The summed E-state index contributed by atoms with van der Waals surface area (Å²) in [6.07, 6.45) is 1.63. The standard InChI is InChI=1S/C21H20N4O5/c26-18(13-30-21-19(25(28)29)20(27)23-14-24-21)22-12-11-17(15-7-3-1-4-8-15)16-9-5-2-6-10-16/h1-10,14,17H,11-13H2,(H,22,26)(H,23,24,27). The molecule has 0 unspecified atom stereocenters. The zero-order valence-electron chi connectivity index (χ0n) is 16.0. The Morgan fingerprint density at radius 2 is 1.70 bits per heavy atom. The van der Waals surface area contributed by atoms with Crippen molar-refractivity contribution in [2.24, 2.45) is 0 Å². The molecule has 30 heavy (non-hydrogen) atoms. The second-order valence-corrected chi connectivity index (χ2v) is 6.44. The van der Waals surface area contributed by atoms with Crippen LogP contribution in [0.25, 0.3) is 0 Å². The van der Waals surface area contributed by atoms with Gasteiger partial charge < -0.3 is 15.0 Å². The maximum absolute atomic E-state index is 12.1. The number of amides is 1. The summed E-state index contributed by atoms with van der Waals surface area (Å²) in [6.45, 7) is -0.111. The predicted octanol–water partition coefficient (Wildman–Crippen LogP) is 2.40. The Morgan fingerprint density at radius 1 is 1.10 bits per heavy atom. The summed E-state index contributed by atoms with van der Waals surface area (Å²) in [6, 6.07) is 20.0. The van der Waals surface area contributed by atoms with Gasteiger partial charge in [-0.15, -0.1) is 0 Å². The van der Waals surface area contributed by atoms with E-state index in [-0.39, 0.29) is 5.92 Å². The van der Waals surface area contributed by atoms with Crippen molar-refractivity contribution in [2.75, 3.05) is 13.2 Å². The van der Waals surface area contributed by atoms with E-state index in [0.29, 0.717) is 13.0 Å². The van der Waals surface area contributed by atoms with Gasteiger partial charge >= 0.3 is 17.1 Å². The van der Waals surface area contributed by atoms with E-state index in [2.05, 4.69) is 15.3 Å². The van der Waals surface area contributed by atoms with Crippen LogP contribution in [0.5, 0.6) is 5.88 Å². The summed E-state index contributed by atoms with van der Waals surface area (Å²) in [7, 11) is 0. The van der Waals surface area contributed by atoms with Gasteiger partial charge in [0.1, 0.15) is 0 Å². The predicted molar refractivity (Wildman–Crippen MR) is 109 cm³/mol. The van der Waals surface area contributed by atoms with Gasteiger partial charge in [-0.05, 0) is 17.5 Å². The highest BCUT2D eigenvalue weighted by molar-refractivity contribution is 5.77. The highest BCUT2D eigenvalue weighted by atomic mass is 16.6. The number of rotatable bonds is 9. The molecular weight excluding hydrogens is 388 g/mol. The van der Waals surface area contributed by atoms with Gasteiger partial charge in [-0.2, -0.15) is 4.98 Å². The Bertz CT molecular complexity index is 1010. The van der Waals surface area contributed by atoms with E-state index in [1.807, 2.05) is 60.7 Å². The highest BCUT2D eigenvalue weighted by Crippen LogP contribution is 2.27. The van der Waals surface area contributed by atoms with E-state index < -0.39 is 34.6 Å². The Labute approximate surface area is 171 Å². The van der Waals surface area contributed by atoms with Crippen molar-refractivity contribution in [3.05, 3.63) is 98.6 Å². The number of hydrogen-bond acceptors (Lipinski definition) is 6. The first-order valence-corrected chi connectivity index (χ1v) is 9.27. The molecule has 1 heterocycles. The fourth-order valence-corrected chi connectivity index (χ4v) is 3.08. The Morgan fingerprint density at radius 3 is 2.27 bits per heavy atom. The lowest BCUT2D eigenvalue weighted by Gasteiger charge is -2.18. The molecule has 2 aromatic carbocycles. The normalized spacial score (nSPS) is 10.6. The van der Waals surface area contributed by atoms with Crippen LogP contribution >= 0.6 is 0 Å². The molecule has 0 saturated carbocycles. The summed E-state index contributed by atoms with van der Waals surface area (Å²) < 4.78 is 5.08. The van der Waals surface area contributed by atoms with Crippen LogP contribution in [0, 0.1) is 10.1 Å². The summed E-state index contributed by atoms with van der Waals surface area (Å²) in [4.78, 5) is 39.4. The van der Waals surface area contributed by atoms with Crippen molar-refractivity contribution in [2.45, 2.75) is 12.3 Å². The summed E-state index contributed by atoms with van der Waals surface area (Å²) in [5.74, 6) is -0.861. The van der Waals surface area contributed by atoms with Gasteiger partial charge in [0, 0.05) is 12.5 Å². The molecule has 1 amide bonds. The molecule has 0 spiro atoms. The number of aromatic nitrogens is 2. The first-order chi connectivity index (χ1) is 14.6. The lowest BCUT2D eigenvalue weighted by atomic mass is 9.88. The molecule has 154 valence electrons. The molecule has 0 fully saturated rings. The second-order valence-electron chi connectivity index (χ2n) is 6.44. The number of nitrogens with zero attached hydrogens (tertiary/aromatic N) is 2. The minimum Gasteiger partial charge on any atom is -0.463 e. The zero-order valence-corrected chi connectivity index (χ0v) is 16.0. The molecule has 0 atom stereocenters. The molecular formula is C21H20N4O5. The van der Waals surface area contributed by atoms with Gasteiger partial charge in [-0.3, -0.25) is 19.7 Å². The lowest BCUT2D eigenvalue weighted by molar-refractivity contribution is -0.387. The number of hydrogen-bond donors (Lipinski definition) is 2. The van der Waals surface area contributed by atoms with Crippen LogP contribution in [0.2, 0.25) is 0 Å². The largest absolute Gasteiger partial charge is 0.463 e. The molecule has 0 aliphatic carbocycles. The summed E-state index contributed by atoms with van der Waals surface area (Å²) in [5.41, 5.74) is 0.493. The minimum atomic E-state index is -0.945. The number of benzene rings is 2. The van der Waals surface area contributed by atoms with Gasteiger partial charge in [-0.25, -0.2) is 0 Å². The fraction of sp³-hybridized carbons (Fsp3) is 0.190. The average Bonchev–Trinajstić information content (AvgIpc) is 2.76. The Hall–Kier alpha value is -4.01. The second kappa shape index (κ2) is 9.97. The number of H-pyrrole nitrogens is 1. The molecule has 9 nitrogen and oxygen atoms in total. The van der Waals surface area contributed by atoms with E-state index in [4.69, 9.17) is 4.74 Å². The first-order valence-electron chi connectivity index (χ1n) is 9.27. The van der Waals surface area contributed by atoms with E-state index in [0.717, 1.165) is 17.5 Å². The molecule has 2 N–H and O–H groups in total. The molecule has 9 heteroatoms. The smallest absolute Gasteiger partial charge is 0.395 e. The van der Waals surface area contributed by atoms with Gasteiger partial charge in [-0.1, -0.05) is 60.7 Å². The van der Waals surface area contributed by atoms with Crippen molar-refractivity contribution in [3.8, 4) is 5.88 Å². The molecule has 3 aromatic rings. The molecule has 0 bridgehead atoms. The summed E-state index contributed by atoms with van der Waals surface area (Å²) >= 11 is 0. The van der Waals surface area contributed by atoms with Crippen LogP contribution in [-0.4, -0.2) is 34.0 Å². The Kier molecular flexibility index (Phi) is 6.88. The first kappa shape index (κ1) is 20.7. The number of ether oxygens (including phenoxy) is 1. The molecule has 0 aliphatic rings. The number of nitrogens with one attached hydrogen (secondary N) is 2. The van der Waals surface area contributed by atoms with Crippen molar-refractivity contribution >= 4 is 11.6 Å². The molecule has 0 aliphatic heterocycles. The third-order valence-electron chi connectivity index (χ3n) is 4.48. The van der Waals surface area contributed by atoms with Crippen LogP contribution in [0.15, 0.2) is 71.8 Å². The van der Waals surface area contributed by atoms with Crippen molar-refractivity contribution in [1.29, 1.82) is 0 Å². The molecule has 0 saturated heterocycles. The summed E-state index contributed by atoms with van der Waals surface area (Å²) in [5, 5.41) is 13.7. The van der Waals surface area contributed by atoms with Crippen LogP contribution < -0.4 is 15.6 Å². The lowest BCUT2D eigenvalue weighted by Crippen LogP contribution is -2.31. The van der Waals surface area contributed by atoms with E-state index in [1.54, 1.807) is 0 Å². The van der Waals surface area contributed by atoms with Gasteiger partial charge in [0.05, 0.1) is 11.3 Å². The maximum atomic E-state index is 12.1. The van der Waals surface area contributed by atoms with E-state index in [9.17, 15) is 19.7 Å². The average molecular weight is 408 g/mol. The van der Waals surface area contributed by atoms with Gasteiger partial charge in [0.2, 0.25) is 0 Å². The fourth-order valence-electron chi connectivity index (χ4n) is 3.08. The molecule has 0 radical (unpaired) electrons. The van der Waals surface area contributed by atoms with Crippen LogP contribution in [0.3, 0.4) is 0 Å². The van der Waals surface area contributed by atoms with Gasteiger partial charge in [0.15, 0.2) is 6.61 Å². The topological polar surface area (TPSA) is 127 Å². The molecule has 1 aromatic heterocycles. The minimum absolute atomic E-state index is 0.101. The third kappa shape index (κ3) is 5.28. The van der Waals surface area contributed by atoms with Crippen LogP contribution in [0.1, 0.15) is 23.5 Å². The van der Waals surface area contributed by atoms with Crippen molar-refractivity contribution in [3.63, 3.8) is 0 Å². The van der Waals surface area contributed by atoms with Crippen molar-refractivity contribution in [1.82, 2.24) is 15.3 Å². The quantitative estimate of drug-likeness (QED) is 0.413.